The zero-order chi connectivity index (χ0) is 13.1. The quantitative estimate of drug-likeness (QED) is 0.700. The van der Waals surface area contributed by atoms with Gasteiger partial charge in [0.25, 0.3) is 0 Å². The summed E-state index contributed by atoms with van der Waals surface area (Å²) in [4.78, 5) is 10.8. The Balaban J connectivity index is 1.77. The van der Waals surface area contributed by atoms with Crippen LogP contribution in [-0.2, 0) is 6.42 Å². The summed E-state index contributed by atoms with van der Waals surface area (Å²) in [6.45, 7) is 0.830. The molecule has 0 fully saturated rings. The van der Waals surface area contributed by atoms with E-state index in [0.717, 1.165) is 30.1 Å². The monoisotopic (exact) mass is 254 g/mol. The van der Waals surface area contributed by atoms with Crippen LogP contribution in [0.25, 0.3) is 5.65 Å². The molecule has 3 aromatic rings. The second kappa shape index (κ2) is 5.01. The molecule has 6 heteroatoms. The number of likely N-dealkylation sites (N-methyl/N-ethyl adjacent to an activating group) is 1. The van der Waals surface area contributed by atoms with Gasteiger partial charge >= 0.3 is 0 Å². The Morgan fingerprint density at radius 1 is 1.21 bits per heavy atom. The van der Waals surface area contributed by atoms with E-state index < -0.39 is 0 Å². The highest BCUT2D eigenvalue weighted by Gasteiger charge is 2.09. The van der Waals surface area contributed by atoms with Crippen LogP contribution >= 0.6 is 0 Å². The van der Waals surface area contributed by atoms with Crippen molar-refractivity contribution < 1.29 is 0 Å². The molecule has 0 radical (unpaired) electrons. The molecule has 6 nitrogen and oxygen atoms in total. The van der Waals surface area contributed by atoms with E-state index >= 15 is 0 Å². The lowest BCUT2D eigenvalue weighted by Crippen LogP contribution is -2.22. The van der Waals surface area contributed by atoms with Crippen LogP contribution in [0.5, 0.6) is 0 Å². The Morgan fingerprint density at radius 3 is 3.00 bits per heavy atom. The molecule has 0 spiro atoms. The molecule has 0 unspecified atom stereocenters. The van der Waals surface area contributed by atoms with E-state index in [1.165, 1.54) is 0 Å². The number of rotatable bonds is 4. The SMILES string of the molecule is CN(CCc1ccccn1)c1nccn2cnnc12. The number of hydrogen-bond acceptors (Lipinski definition) is 5. The van der Waals surface area contributed by atoms with Crippen LogP contribution in [0.2, 0.25) is 0 Å². The number of aromatic nitrogens is 5. The molecule has 0 N–H and O–H groups in total. The van der Waals surface area contributed by atoms with Crippen molar-refractivity contribution in [3.8, 4) is 0 Å². The fraction of sp³-hybridized carbons (Fsp3) is 0.231. The molecule has 0 aliphatic heterocycles. The number of anilines is 1. The van der Waals surface area contributed by atoms with Crippen molar-refractivity contribution in [3.05, 3.63) is 48.8 Å². The van der Waals surface area contributed by atoms with Crippen LogP contribution in [-0.4, -0.2) is 38.2 Å². The summed E-state index contributed by atoms with van der Waals surface area (Å²) in [6.07, 6.45) is 7.95. The second-order valence-electron chi connectivity index (χ2n) is 4.31. The molecule has 96 valence electrons. The van der Waals surface area contributed by atoms with Crippen LogP contribution < -0.4 is 4.90 Å². The Hall–Kier alpha value is -2.50. The minimum absolute atomic E-state index is 0.769. The summed E-state index contributed by atoms with van der Waals surface area (Å²) in [7, 11) is 2.00. The van der Waals surface area contributed by atoms with Crippen molar-refractivity contribution in [2.24, 2.45) is 0 Å². The summed E-state index contributed by atoms with van der Waals surface area (Å²) in [6, 6.07) is 5.95. The summed E-state index contributed by atoms with van der Waals surface area (Å²) >= 11 is 0. The molecule has 0 aromatic carbocycles. The maximum absolute atomic E-state index is 4.37. The maximum atomic E-state index is 4.37. The predicted octanol–water partition coefficient (Wildman–Crippen LogP) is 1.20. The van der Waals surface area contributed by atoms with E-state index in [-0.39, 0.29) is 0 Å². The van der Waals surface area contributed by atoms with Gasteiger partial charge in [-0.1, -0.05) is 6.07 Å². The van der Waals surface area contributed by atoms with Gasteiger partial charge in [0.05, 0.1) is 0 Å². The predicted molar refractivity (Wildman–Crippen MR) is 72.0 cm³/mol. The smallest absolute Gasteiger partial charge is 0.203 e. The Labute approximate surface area is 110 Å². The van der Waals surface area contributed by atoms with Crippen LogP contribution in [0.3, 0.4) is 0 Å². The Morgan fingerprint density at radius 2 is 2.16 bits per heavy atom. The molecule has 0 aliphatic carbocycles. The minimum atomic E-state index is 0.769. The van der Waals surface area contributed by atoms with Crippen molar-refractivity contribution in [3.63, 3.8) is 0 Å². The normalized spacial score (nSPS) is 10.8. The van der Waals surface area contributed by atoms with Crippen LogP contribution in [0.15, 0.2) is 43.1 Å². The molecule has 0 aliphatic rings. The third-order valence-corrected chi connectivity index (χ3v) is 2.99. The number of pyridine rings is 1. The van der Waals surface area contributed by atoms with Gasteiger partial charge in [0.15, 0.2) is 5.82 Å². The van der Waals surface area contributed by atoms with Crippen molar-refractivity contribution in [1.82, 2.24) is 24.6 Å². The summed E-state index contributed by atoms with van der Waals surface area (Å²) in [5, 5.41) is 7.98. The lowest BCUT2D eigenvalue weighted by molar-refractivity contribution is 0.836. The number of nitrogens with zero attached hydrogens (tertiary/aromatic N) is 6. The molecule has 0 atom stereocenters. The molecular formula is C13H14N6. The third-order valence-electron chi connectivity index (χ3n) is 2.99. The van der Waals surface area contributed by atoms with E-state index in [2.05, 4.69) is 25.1 Å². The highest BCUT2D eigenvalue weighted by atomic mass is 15.3. The van der Waals surface area contributed by atoms with E-state index in [1.807, 2.05) is 42.0 Å². The Kier molecular flexibility index (Phi) is 3.06. The van der Waals surface area contributed by atoms with Gasteiger partial charge in [-0.05, 0) is 12.1 Å². The lowest BCUT2D eigenvalue weighted by Gasteiger charge is -2.17. The highest BCUT2D eigenvalue weighted by Crippen LogP contribution is 2.14. The van der Waals surface area contributed by atoms with E-state index in [1.54, 1.807) is 12.5 Å². The molecule has 19 heavy (non-hydrogen) atoms. The van der Waals surface area contributed by atoms with Crippen molar-refractivity contribution in [2.45, 2.75) is 6.42 Å². The zero-order valence-electron chi connectivity index (χ0n) is 10.6. The lowest BCUT2D eigenvalue weighted by atomic mass is 10.2. The van der Waals surface area contributed by atoms with Crippen LogP contribution in [0, 0.1) is 0 Å². The maximum Gasteiger partial charge on any atom is 0.203 e. The standard InChI is InChI=1S/C13H14N6/c1-18(8-5-11-4-2-3-6-14-11)12-13-17-16-10-19(13)9-7-15-12/h2-4,6-7,9-10H,5,8H2,1H3. The van der Waals surface area contributed by atoms with Gasteiger partial charge in [0.1, 0.15) is 6.33 Å². The van der Waals surface area contributed by atoms with Gasteiger partial charge in [0, 0.05) is 44.3 Å². The van der Waals surface area contributed by atoms with Gasteiger partial charge in [0.2, 0.25) is 5.65 Å². The third kappa shape index (κ3) is 2.37. The molecule has 0 amide bonds. The van der Waals surface area contributed by atoms with Crippen LogP contribution in [0.4, 0.5) is 5.82 Å². The van der Waals surface area contributed by atoms with Crippen molar-refractivity contribution in [2.75, 3.05) is 18.5 Å². The first-order valence-corrected chi connectivity index (χ1v) is 6.10. The van der Waals surface area contributed by atoms with Crippen LogP contribution in [0.1, 0.15) is 5.69 Å². The molecular weight excluding hydrogens is 240 g/mol. The van der Waals surface area contributed by atoms with Gasteiger partial charge in [-0.3, -0.25) is 9.38 Å². The number of hydrogen-bond donors (Lipinski definition) is 0. The average Bonchev–Trinajstić information content (AvgIpc) is 2.94. The van der Waals surface area contributed by atoms with Gasteiger partial charge in [-0.25, -0.2) is 4.98 Å². The topological polar surface area (TPSA) is 59.2 Å². The van der Waals surface area contributed by atoms with Gasteiger partial charge < -0.3 is 4.90 Å². The van der Waals surface area contributed by atoms with E-state index in [4.69, 9.17) is 0 Å². The highest BCUT2D eigenvalue weighted by molar-refractivity contribution is 5.62. The molecule has 0 bridgehead atoms. The van der Waals surface area contributed by atoms with Crippen molar-refractivity contribution in [1.29, 1.82) is 0 Å². The first-order valence-electron chi connectivity index (χ1n) is 6.10. The fourth-order valence-electron chi connectivity index (χ4n) is 1.95. The minimum Gasteiger partial charge on any atom is -0.356 e. The first kappa shape index (κ1) is 11.6. The first-order chi connectivity index (χ1) is 9.34. The molecule has 3 heterocycles. The second-order valence-corrected chi connectivity index (χ2v) is 4.31. The summed E-state index contributed by atoms with van der Waals surface area (Å²) < 4.78 is 1.86. The number of fused-ring (bicyclic) bond motifs is 1. The molecule has 3 rings (SSSR count). The summed E-state index contributed by atoms with van der Waals surface area (Å²) in [5.74, 6) is 0.830. The van der Waals surface area contributed by atoms with Crippen molar-refractivity contribution >= 4 is 11.5 Å². The zero-order valence-corrected chi connectivity index (χ0v) is 10.6. The van der Waals surface area contributed by atoms with E-state index in [0.29, 0.717) is 0 Å². The van der Waals surface area contributed by atoms with E-state index in [9.17, 15) is 0 Å². The van der Waals surface area contributed by atoms with Gasteiger partial charge in [-0.15, -0.1) is 10.2 Å². The summed E-state index contributed by atoms with van der Waals surface area (Å²) in [5.41, 5.74) is 1.84. The molecule has 3 aromatic heterocycles. The largest absolute Gasteiger partial charge is 0.356 e. The Bertz CT molecular complexity index is 663. The van der Waals surface area contributed by atoms with Gasteiger partial charge in [-0.2, -0.15) is 0 Å². The average molecular weight is 254 g/mol. The molecule has 0 saturated carbocycles. The molecule has 0 saturated heterocycles. The fourth-order valence-corrected chi connectivity index (χ4v) is 1.95.